The SMILES string of the molecule is c1ccc(P(CCc2cccc(CCP(c3ccccc3)c3ccccc3)n2)c2ccccc2)cc1. The Morgan fingerprint density at radius 2 is 0.667 bits per heavy atom. The van der Waals surface area contributed by atoms with E-state index in [9.17, 15) is 0 Å². The zero-order valence-corrected chi connectivity index (χ0v) is 22.2. The molecule has 0 unspecified atom stereocenters. The molecule has 5 aromatic rings. The molecule has 0 aliphatic heterocycles. The molecule has 0 saturated carbocycles. The smallest absolute Gasteiger partial charge is 0.0410 e. The molecule has 0 aliphatic carbocycles. The van der Waals surface area contributed by atoms with Crippen molar-refractivity contribution in [1.29, 1.82) is 0 Å². The molecule has 3 heteroatoms. The van der Waals surface area contributed by atoms with E-state index in [0.717, 1.165) is 25.2 Å². The first-order valence-electron chi connectivity index (χ1n) is 12.6. The third-order valence-corrected chi connectivity index (χ3v) is 11.3. The Hall–Kier alpha value is -3.11. The van der Waals surface area contributed by atoms with E-state index in [1.165, 1.54) is 32.6 Å². The van der Waals surface area contributed by atoms with E-state index < -0.39 is 15.8 Å². The second-order valence-electron chi connectivity index (χ2n) is 8.77. The summed E-state index contributed by atoms with van der Waals surface area (Å²) in [5.74, 6) is 0. The van der Waals surface area contributed by atoms with Gasteiger partial charge in [0.1, 0.15) is 0 Å². The summed E-state index contributed by atoms with van der Waals surface area (Å²) in [6.45, 7) is 0. The van der Waals surface area contributed by atoms with Gasteiger partial charge in [-0.3, -0.25) is 4.98 Å². The normalized spacial score (nSPS) is 11.2. The van der Waals surface area contributed by atoms with Crippen LogP contribution in [0.15, 0.2) is 140 Å². The first-order chi connectivity index (χ1) is 17.9. The molecule has 0 radical (unpaired) electrons. The number of nitrogens with zero attached hydrogens (tertiary/aromatic N) is 1. The van der Waals surface area contributed by atoms with E-state index in [2.05, 4.69) is 140 Å². The predicted octanol–water partition coefficient (Wildman–Crippen LogP) is 6.43. The number of hydrogen-bond donors (Lipinski definition) is 0. The molecule has 178 valence electrons. The number of pyridine rings is 1. The lowest BCUT2D eigenvalue weighted by Crippen LogP contribution is -2.16. The van der Waals surface area contributed by atoms with E-state index in [1.54, 1.807) is 0 Å². The summed E-state index contributed by atoms with van der Waals surface area (Å²) in [4.78, 5) is 5.11. The highest BCUT2D eigenvalue weighted by Crippen LogP contribution is 2.35. The van der Waals surface area contributed by atoms with Gasteiger partial charge in [-0.05, 0) is 74.4 Å². The molecule has 0 N–H and O–H groups in total. The lowest BCUT2D eigenvalue weighted by atomic mass is 10.2. The van der Waals surface area contributed by atoms with E-state index in [-0.39, 0.29) is 0 Å². The van der Waals surface area contributed by atoms with Crippen LogP contribution in [0.5, 0.6) is 0 Å². The second kappa shape index (κ2) is 12.7. The standard InChI is InChI=1S/C33H31NP2/c1-5-16-30(17-6-1)35(31-18-7-2-8-19-31)26-24-28-14-13-15-29(34-28)25-27-36(32-20-9-3-10-21-32)33-22-11-4-12-23-33/h1-23H,24-27H2. The Balaban J connectivity index is 1.30. The molecule has 4 aromatic carbocycles. The average Bonchev–Trinajstić information content (AvgIpc) is 2.96. The first-order valence-corrected chi connectivity index (χ1v) is 15.6. The van der Waals surface area contributed by atoms with Gasteiger partial charge in [0, 0.05) is 11.4 Å². The van der Waals surface area contributed by atoms with Crippen molar-refractivity contribution in [2.75, 3.05) is 12.3 Å². The number of aryl methyl sites for hydroxylation is 2. The van der Waals surface area contributed by atoms with E-state index >= 15 is 0 Å². The van der Waals surface area contributed by atoms with Crippen molar-refractivity contribution in [3.05, 3.63) is 151 Å². The minimum Gasteiger partial charge on any atom is -0.258 e. The molecule has 1 heterocycles. The molecule has 0 atom stereocenters. The lowest BCUT2D eigenvalue weighted by Gasteiger charge is -2.19. The number of rotatable bonds is 10. The maximum Gasteiger partial charge on any atom is 0.0410 e. The zero-order chi connectivity index (χ0) is 24.4. The van der Waals surface area contributed by atoms with Gasteiger partial charge < -0.3 is 0 Å². The van der Waals surface area contributed by atoms with Crippen LogP contribution in [-0.4, -0.2) is 17.3 Å². The van der Waals surface area contributed by atoms with E-state index in [1.807, 2.05) is 0 Å². The summed E-state index contributed by atoms with van der Waals surface area (Å²) in [5.41, 5.74) is 2.41. The van der Waals surface area contributed by atoms with Crippen LogP contribution in [0.25, 0.3) is 0 Å². The molecule has 0 bridgehead atoms. The van der Waals surface area contributed by atoms with E-state index in [4.69, 9.17) is 4.98 Å². The van der Waals surface area contributed by atoms with Crippen molar-refractivity contribution in [2.24, 2.45) is 0 Å². The topological polar surface area (TPSA) is 12.9 Å². The summed E-state index contributed by atoms with van der Waals surface area (Å²) in [5, 5.41) is 5.75. The van der Waals surface area contributed by atoms with Crippen molar-refractivity contribution >= 4 is 37.1 Å². The van der Waals surface area contributed by atoms with Gasteiger partial charge in [-0.2, -0.15) is 0 Å². The van der Waals surface area contributed by atoms with Crippen LogP contribution in [0.4, 0.5) is 0 Å². The molecular weight excluding hydrogens is 472 g/mol. The second-order valence-corrected chi connectivity index (χ2v) is 13.4. The molecule has 1 nitrogen and oxygen atoms in total. The van der Waals surface area contributed by atoms with Crippen molar-refractivity contribution in [1.82, 2.24) is 4.98 Å². The molecular formula is C33H31NP2. The van der Waals surface area contributed by atoms with E-state index in [0.29, 0.717) is 0 Å². The molecule has 0 fully saturated rings. The van der Waals surface area contributed by atoms with Crippen LogP contribution >= 0.6 is 15.8 Å². The fourth-order valence-corrected chi connectivity index (χ4v) is 9.17. The highest BCUT2D eigenvalue weighted by Gasteiger charge is 2.16. The molecule has 5 rings (SSSR count). The Bertz CT molecular complexity index is 1140. The summed E-state index contributed by atoms with van der Waals surface area (Å²) in [6, 6.07) is 50.5. The fraction of sp³-hybridized carbons (Fsp3) is 0.121. The summed E-state index contributed by atoms with van der Waals surface area (Å²) in [7, 11) is -0.800. The lowest BCUT2D eigenvalue weighted by molar-refractivity contribution is 0.962. The number of aromatic nitrogens is 1. The molecule has 1 aromatic heterocycles. The minimum atomic E-state index is -0.400. The Labute approximate surface area is 217 Å². The van der Waals surface area contributed by atoms with Crippen LogP contribution < -0.4 is 21.2 Å². The van der Waals surface area contributed by atoms with Crippen LogP contribution in [-0.2, 0) is 12.8 Å². The maximum atomic E-state index is 5.11. The van der Waals surface area contributed by atoms with Crippen LogP contribution in [0.3, 0.4) is 0 Å². The Morgan fingerprint density at radius 3 is 0.972 bits per heavy atom. The van der Waals surface area contributed by atoms with Gasteiger partial charge in [-0.25, -0.2) is 0 Å². The highest BCUT2D eigenvalue weighted by molar-refractivity contribution is 7.73. The minimum absolute atomic E-state index is 0.400. The third-order valence-electron chi connectivity index (χ3n) is 6.32. The average molecular weight is 504 g/mol. The van der Waals surface area contributed by atoms with Gasteiger partial charge in [0.05, 0.1) is 0 Å². The molecule has 36 heavy (non-hydrogen) atoms. The van der Waals surface area contributed by atoms with Crippen LogP contribution in [0.2, 0.25) is 0 Å². The largest absolute Gasteiger partial charge is 0.258 e. The molecule has 0 saturated heterocycles. The van der Waals surface area contributed by atoms with Crippen LogP contribution in [0, 0.1) is 0 Å². The summed E-state index contributed by atoms with van der Waals surface area (Å²) < 4.78 is 0. The van der Waals surface area contributed by atoms with Crippen LogP contribution in [0.1, 0.15) is 11.4 Å². The van der Waals surface area contributed by atoms with Crippen molar-refractivity contribution < 1.29 is 0 Å². The van der Waals surface area contributed by atoms with Gasteiger partial charge in [-0.1, -0.05) is 127 Å². The van der Waals surface area contributed by atoms with Crippen molar-refractivity contribution in [3.8, 4) is 0 Å². The maximum absolute atomic E-state index is 5.11. The Morgan fingerprint density at radius 1 is 0.361 bits per heavy atom. The summed E-state index contributed by atoms with van der Waals surface area (Å²) in [6.07, 6.45) is 4.21. The van der Waals surface area contributed by atoms with Gasteiger partial charge in [0.25, 0.3) is 0 Å². The third kappa shape index (κ3) is 6.55. The van der Waals surface area contributed by atoms with Gasteiger partial charge >= 0.3 is 0 Å². The zero-order valence-electron chi connectivity index (χ0n) is 20.4. The Kier molecular flexibility index (Phi) is 8.69. The molecule has 0 amide bonds. The number of hydrogen-bond acceptors (Lipinski definition) is 1. The highest BCUT2D eigenvalue weighted by atomic mass is 31.1. The molecule has 0 aliphatic rings. The quantitative estimate of drug-likeness (QED) is 0.200. The van der Waals surface area contributed by atoms with Crippen molar-refractivity contribution in [3.63, 3.8) is 0 Å². The molecule has 0 spiro atoms. The fourth-order valence-electron chi connectivity index (χ4n) is 4.51. The monoisotopic (exact) mass is 503 g/mol. The predicted molar refractivity (Wildman–Crippen MR) is 160 cm³/mol. The van der Waals surface area contributed by atoms with Gasteiger partial charge in [0.15, 0.2) is 0 Å². The summed E-state index contributed by atoms with van der Waals surface area (Å²) >= 11 is 0. The first kappa shape index (κ1) is 24.6. The van der Waals surface area contributed by atoms with Crippen molar-refractivity contribution in [2.45, 2.75) is 12.8 Å². The van der Waals surface area contributed by atoms with Gasteiger partial charge in [0.2, 0.25) is 0 Å². The number of benzene rings is 4. The van der Waals surface area contributed by atoms with Gasteiger partial charge in [-0.15, -0.1) is 0 Å².